The molecule has 7 heteroatoms. The topological polar surface area (TPSA) is 44.4 Å². The summed E-state index contributed by atoms with van der Waals surface area (Å²) in [4.78, 5) is 14.8. The minimum absolute atomic E-state index is 0. The van der Waals surface area contributed by atoms with Crippen LogP contribution < -0.4 is 10.6 Å². The lowest BCUT2D eigenvalue weighted by Crippen LogP contribution is -2.48. The van der Waals surface area contributed by atoms with Crippen LogP contribution in [0, 0.1) is 0 Å². The number of benzene rings is 2. The van der Waals surface area contributed by atoms with Gasteiger partial charge >= 0.3 is 0 Å². The first kappa shape index (κ1) is 21.0. The highest BCUT2D eigenvalue weighted by Gasteiger charge is 2.16. The number of hydrogen-bond acceptors (Lipinski definition) is 3. The lowest BCUT2D eigenvalue weighted by Gasteiger charge is -2.31. The lowest BCUT2D eigenvalue weighted by atomic mass is 10.1. The lowest BCUT2D eigenvalue weighted by molar-refractivity contribution is 0.102. The van der Waals surface area contributed by atoms with Crippen molar-refractivity contribution in [3.63, 3.8) is 0 Å². The maximum atomic E-state index is 12.4. The Bertz CT molecular complexity index is 769. The van der Waals surface area contributed by atoms with Gasteiger partial charge in [0.15, 0.2) is 0 Å². The largest absolute Gasteiger partial charge is 0.322 e. The van der Waals surface area contributed by atoms with Crippen molar-refractivity contribution in [2.24, 2.45) is 0 Å². The molecule has 3 rings (SSSR count). The van der Waals surface area contributed by atoms with E-state index in [-0.39, 0.29) is 18.3 Å². The first-order chi connectivity index (χ1) is 12.0. The fourth-order valence-corrected chi connectivity index (χ4v) is 3.53. The van der Waals surface area contributed by atoms with Crippen molar-refractivity contribution in [3.8, 4) is 0 Å². The van der Waals surface area contributed by atoms with Crippen LogP contribution in [0.2, 0.25) is 10.0 Å². The smallest absolute Gasteiger partial charge is 0.257 e. The van der Waals surface area contributed by atoms with Crippen molar-refractivity contribution in [2.45, 2.75) is 19.5 Å². The van der Waals surface area contributed by atoms with E-state index in [0.717, 1.165) is 31.9 Å². The Kier molecular flexibility index (Phi) is 7.74. The van der Waals surface area contributed by atoms with Gasteiger partial charge in [-0.05, 0) is 42.8 Å². The maximum Gasteiger partial charge on any atom is 0.257 e. The zero-order valence-electron chi connectivity index (χ0n) is 14.5. The summed E-state index contributed by atoms with van der Waals surface area (Å²) >= 11 is 12.0. The van der Waals surface area contributed by atoms with Crippen LogP contribution >= 0.6 is 35.6 Å². The summed E-state index contributed by atoms with van der Waals surface area (Å²) in [5, 5.41) is 7.20. The molecule has 2 N–H and O–H groups in total. The van der Waals surface area contributed by atoms with Crippen molar-refractivity contribution in [1.29, 1.82) is 0 Å². The molecule has 1 atom stereocenters. The van der Waals surface area contributed by atoms with Gasteiger partial charge in [-0.2, -0.15) is 0 Å². The first-order valence-corrected chi connectivity index (χ1v) is 9.08. The van der Waals surface area contributed by atoms with Gasteiger partial charge in [-0.3, -0.25) is 9.69 Å². The monoisotopic (exact) mass is 413 g/mol. The number of piperazine rings is 1. The minimum Gasteiger partial charge on any atom is -0.322 e. The molecule has 0 spiro atoms. The Balaban J connectivity index is 0.00000243. The van der Waals surface area contributed by atoms with E-state index in [0.29, 0.717) is 21.7 Å². The van der Waals surface area contributed by atoms with Gasteiger partial charge in [-0.25, -0.2) is 0 Å². The number of rotatable bonds is 4. The number of carbonyl (C=O) groups excluding carboxylic acids is 1. The van der Waals surface area contributed by atoms with E-state index in [9.17, 15) is 4.79 Å². The van der Waals surface area contributed by atoms with Crippen LogP contribution in [0.3, 0.4) is 0 Å². The normalized spacial score (nSPS) is 17.4. The van der Waals surface area contributed by atoms with Crippen LogP contribution in [-0.4, -0.2) is 36.5 Å². The van der Waals surface area contributed by atoms with E-state index in [1.807, 2.05) is 18.2 Å². The van der Waals surface area contributed by atoms with Gasteiger partial charge < -0.3 is 10.6 Å². The summed E-state index contributed by atoms with van der Waals surface area (Å²) in [6.07, 6.45) is 0. The summed E-state index contributed by atoms with van der Waals surface area (Å²) in [5.41, 5.74) is 2.35. The molecule has 1 fully saturated rings. The second-order valence-corrected chi connectivity index (χ2v) is 7.21. The van der Waals surface area contributed by atoms with Gasteiger partial charge in [0, 0.05) is 42.9 Å². The van der Waals surface area contributed by atoms with Gasteiger partial charge in [0.2, 0.25) is 0 Å². The molecule has 0 saturated carbocycles. The third-order valence-electron chi connectivity index (χ3n) is 4.22. The summed E-state index contributed by atoms with van der Waals surface area (Å²) < 4.78 is 0. The van der Waals surface area contributed by atoms with Crippen molar-refractivity contribution in [1.82, 2.24) is 10.2 Å². The van der Waals surface area contributed by atoms with Gasteiger partial charge in [-0.15, -0.1) is 12.4 Å². The molecule has 1 saturated heterocycles. The van der Waals surface area contributed by atoms with Crippen molar-refractivity contribution < 1.29 is 4.79 Å². The highest BCUT2D eigenvalue weighted by atomic mass is 35.5. The Labute approximate surface area is 170 Å². The highest BCUT2D eigenvalue weighted by molar-refractivity contribution is 6.37. The summed E-state index contributed by atoms with van der Waals surface area (Å²) in [6, 6.07) is 13.3. The Morgan fingerprint density at radius 2 is 2.08 bits per heavy atom. The van der Waals surface area contributed by atoms with Crippen molar-refractivity contribution in [3.05, 3.63) is 63.6 Å². The molecule has 26 heavy (non-hydrogen) atoms. The molecule has 1 heterocycles. The first-order valence-electron chi connectivity index (χ1n) is 8.32. The number of carbonyl (C=O) groups is 1. The molecular formula is C19H22Cl3N3O. The highest BCUT2D eigenvalue weighted by Crippen LogP contribution is 2.22. The number of halogens is 3. The van der Waals surface area contributed by atoms with E-state index >= 15 is 0 Å². The number of nitrogens with one attached hydrogen (secondary N) is 2. The number of amides is 1. The Hall–Kier alpha value is -1.30. The molecule has 0 aromatic heterocycles. The molecule has 4 nitrogen and oxygen atoms in total. The van der Waals surface area contributed by atoms with E-state index < -0.39 is 0 Å². The van der Waals surface area contributed by atoms with Crippen LogP contribution in [0.25, 0.3) is 0 Å². The molecule has 2 aromatic rings. The molecule has 0 unspecified atom stereocenters. The SMILES string of the molecule is C[C@H]1CN(Cc2cccc(NC(=O)c3ccc(Cl)cc3Cl)c2)CCN1.Cl. The Morgan fingerprint density at radius 3 is 2.81 bits per heavy atom. The van der Waals surface area contributed by atoms with Crippen LogP contribution in [0.1, 0.15) is 22.8 Å². The molecule has 0 radical (unpaired) electrons. The molecule has 0 aliphatic carbocycles. The second kappa shape index (κ2) is 9.58. The minimum atomic E-state index is -0.241. The van der Waals surface area contributed by atoms with E-state index in [1.165, 1.54) is 5.56 Å². The van der Waals surface area contributed by atoms with Crippen LogP contribution in [0.15, 0.2) is 42.5 Å². The van der Waals surface area contributed by atoms with Crippen molar-refractivity contribution >= 4 is 47.2 Å². The van der Waals surface area contributed by atoms with Gasteiger partial charge in [-0.1, -0.05) is 35.3 Å². The van der Waals surface area contributed by atoms with Gasteiger partial charge in [0.05, 0.1) is 10.6 Å². The number of hydrogen-bond donors (Lipinski definition) is 2. The third-order valence-corrected chi connectivity index (χ3v) is 4.77. The predicted octanol–water partition coefficient (Wildman–Crippen LogP) is 4.46. The molecule has 1 aliphatic heterocycles. The fraction of sp³-hybridized carbons (Fsp3) is 0.316. The molecular weight excluding hydrogens is 393 g/mol. The molecule has 140 valence electrons. The predicted molar refractivity (Wildman–Crippen MR) is 111 cm³/mol. The fourth-order valence-electron chi connectivity index (χ4n) is 3.03. The second-order valence-electron chi connectivity index (χ2n) is 6.37. The molecule has 0 bridgehead atoms. The Morgan fingerprint density at radius 1 is 1.27 bits per heavy atom. The average Bonchev–Trinajstić information content (AvgIpc) is 2.55. The van der Waals surface area contributed by atoms with Crippen LogP contribution in [0.5, 0.6) is 0 Å². The summed E-state index contributed by atoms with van der Waals surface area (Å²) in [7, 11) is 0. The average molecular weight is 415 g/mol. The molecule has 1 aliphatic rings. The maximum absolute atomic E-state index is 12.4. The van der Waals surface area contributed by atoms with E-state index in [1.54, 1.807) is 18.2 Å². The zero-order valence-corrected chi connectivity index (χ0v) is 16.8. The van der Waals surface area contributed by atoms with Crippen LogP contribution in [0.4, 0.5) is 5.69 Å². The summed E-state index contributed by atoms with van der Waals surface area (Å²) in [5.74, 6) is -0.241. The third kappa shape index (κ3) is 5.60. The van der Waals surface area contributed by atoms with E-state index in [4.69, 9.17) is 23.2 Å². The number of nitrogens with zero attached hydrogens (tertiary/aromatic N) is 1. The van der Waals surface area contributed by atoms with Gasteiger partial charge in [0.1, 0.15) is 0 Å². The zero-order chi connectivity index (χ0) is 17.8. The molecule has 1 amide bonds. The van der Waals surface area contributed by atoms with E-state index in [2.05, 4.69) is 28.5 Å². The quantitative estimate of drug-likeness (QED) is 0.776. The van der Waals surface area contributed by atoms with Crippen molar-refractivity contribution in [2.75, 3.05) is 25.0 Å². The number of anilines is 1. The summed E-state index contributed by atoms with van der Waals surface area (Å²) in [6.45, 7) is 6.13. The standard InChI is InChI=1S/C19H21Cl2N3O.ClH/c1-13-11-24(8-7-22-13)12-14-3-2-4-16(9-14)23-19(25)17-6-5-15(20)10-18(17)21;/h2-6,9-10,13,22H,7-8,11-12H2,1H3,(H,23,25);1H/t13-;/m0./s1. The molecule has 2 aromatic carbocycles. The van der Waals surface area contributed by atoms with Crippen LogP contribution in [-0.2, 0) is 6.54 Å². The van der Waals surface area contributed by atoms with Gasteiger partial charge in [0.25, 0.3) is 5.91 Å².